The fourth-order valence-electron chi connectivity index (χ4n) is 2.78. The highest BCUT2D eigenvalue weighted by atomic mass is 35.5. The third-order valence-corrected chi connectivity index (χ3v) is 4.27. The lowest BCUT2D eigenvalue weighted by Crippen LogP contribution is -2.44. The second kappa shape index (κ2) is 6.30. The molecule has 1 heterocycles. The molecular formula is C15H18ClFN2O2. The molecule has 0 bridgehead atoms. The number of hydrogen-bond acceptors (Lipinski definition) is 3. The summed E-state index contributed by atoms with van der Waals surface area (Å²) in [7, 11) is 0. The van der Waals surface area contributed by atoms with Crippen LogP contribution in [0.4, 0.5) is 4.39 Å². The molecule has 21 heavy (non-hydrogen) atoms. The maximum atomic E-state index is 13.8. The van der Waals surface area contributed by atoms with E-state index >= 15 is 0 Å². The topological polar surface area (TPSA) is 50.4 Å². The van der Waals surface area contributed by atoms with Gasteiger partial charge in [0.25, 0.3) is 0 Å². The van der Waals surface area contributed by atoms with E-state index in [1.807, 2.05) is 0 Å². The predicted octanol–water partition coefficient (Wildman–Crippen LogP) is 1.83. The van der Waals surface area contributed by atoms with Gasteiger partial charge in [-0.15, -0.1) is 0 Å². The van der Waals surface area contributed by atoms with Gasteiger partial charge in [0, 0.05) is 41.6 Å². The van der Waals surface area contributed by atoms with Gasteiger partial charge < -0.3 is 15.4 Å². The van der Waals surface area contributed by atoms with Crippen molar-refractivity contribution >= 4 is 17.5 Å². The van der Waals surface area contributed by atoms with Crippen LogP contribution >= 0.6 is 11.6 Å². The average molecular weight is 313 g/mol. The maximum Gasteiger partial charge on any atom is 0.221 e. The van der Waals surface area contributed by atoms with Gasteiger partial charge in [-0.25, -0.2) is 4.39 Å². The average Bonchev–Trinajstić information content (AvgIpc) is 3.18. The van der Waals surface area contributed by atoms with Crippen molar-refractivity contribution in [1.82, 2.24) is 10.6 Å². The van der Waals surface area contributed by atoms with Crippen molar-refractivity contribution in [3.8, 4) is 0 Å². The highest BCUT2D eigenvalue weighted by Gasteiger charge is 2.42. The van der Waals surface area contributed by atoms with Crippen LogP contribution in [0.1, 0.15) is 24.3 Å². The van der Waals surface area contributed by atoms with Crippen molar-refractivity contribution in [1.29, 1.82) is 0 Å². The SMILES string of the molecule is O=C(CC1COCCN1)NC1CC1c1c(F)cccc1Cl. The molecule has 1 aromatic rings. The Morgan fingerprint density at radius 2 is 2.38 bits per heavy atom. The van der Waals surface area contributed by atoms with E-state index in [2.05, 4.69) is 10.6 Å². The third-order valence-electron chi connectivity index (χ3n) is 3.94. The lowest BCUT2D eigenvalue weighted by Gasteiger charge is -2.23. The number of amides is 1. The van der Waals surface area contributed by atoms with Crippen molar-refractivity contribution in [2.45, 2.75) is 30.8 Å². The fraction of sp³-hybridized carbons (Fsp3) is 0.533. The number of nitrogens with one attached hydrogen (secondary N) is 2. The van der Waals surface area contributed by atoms with Crippen LogP contribution in [0.15, 0.2) is 18.2 Å². The van der Waals surface area contributed by atoms with Crippen molar-refractivity contribution in [2.24, 2.45) is 0 Å². The van der Waals surface area contributed by atoms with Crippen molar-refractivity contribution in [3.63, 3.8) is 0 Å². The van der Waals surface area contributed by atoms with Gasteiger partial charge >= 0.3 is 0 Å². The first-order chi connectivity index (χ1) is 10.1. The molecule has 0 spiro atoms. The largest absolute Gasteiger partial charge is 0.378 e. The van der Waals surface area contributed by atoms with E-state index in [4.69, 9.17) is 16.3 Å². The van der Waals surface area contributed by atoms with E-state index in [-0.39, 0.29) is 29.7 Å². The Kier molecular flexibility index (Phi) is 4.42. The Morgan fingerprint density at radius 1 is 1.52 bits per heavy atom. The van der Waals surface area contributed by atoms with Crippen LogP contribution < -0.4 is 10.6 Å². The highest BCUT2D eigenvalue weighted by molar-refractivity contribution is 6.31. The first-order valence-corrected chi connectivity index (χ1v) is 7.57. The Hall–Kier alpha value is -1.17. The third kappa shape index (κ3) is 3.54. The molecule has 1 saturated carbocycles. The molecule has 114 valence electrons. The molecule has 2 aliphatic rings. The number of carbonyl (C=O) groups excluding carboxylic acids is 1. The van der Waals surface area contributed by atoms with Crippen LogP contribution in [-0.2, 0) is 9.53 Å². The van der Waals surface area contributed by atoms with Crippen LogP contribution in [0.3, 0.4) is 0 Å². The Bertz CT molecular complexity index is 514. The van der Waals surface area contributed by atoms with Crippen molar-refractivity contribution in [2.75, 3.05) is 19.8 Å². The zero-order valence-corrected chi connectivity index (χ0v) is 12.3. The Labute approximate surface area is 128 Å². The lowest BCUT2D eigenvalue weighted by atomic mass is 10.1. The first kappa shape index (κ1) is 14.8. The van der Waals surface area contributed by atoms with E-state index in [0.717, 1.165) is 13.0 Å². The quantitative estimate of drug-likeness (QED) is 0.892. The number of morpholine rings is 1. The summed E-state index contributed by atoms with van der Waals surface area (Å²) >= 11 is 6.04. The predicted molar refractivity (Wildman–Crippen MR) is 77.9 cm³/mol. The minimum atomic E-state index is -0.299. The Morgan fingerprint density at radius 3 is 3.10 bits per heavy atom. The van der Waals surface area contributed by atoms with Crippen molar-refractivity contribution < 1.29 is 13.9 Å². The molecule has 1 saturated heterocycles. The normalized spacial score (nSPS) is 28.2. The standard InChI is InChI=1S/C15H18ClFN2O2/c16-11-2-1-3-12(17)15(11)10-7-13(10)19-14(20)6-9-8-21-5-4-18-9/h1-3,9-10,13,18H,4-8H2,(H,19,20). The summed E-state index contributed by atoms with van der Waals surface area (Å²) in [6.45, 7) is 2.02. The maximum absolute atomic E-state index is 13.8. The molecule has 2 N–H and O–H groups in total. The molecule has 3 atom stereocenters. The molecule has 2 fully saturated rings. The van der Waals surface area contributed by atoms with Gasteiger partial charge in [-0.1, -0.05) is 17.7 Å². The molecule has 4 nitrogen and oxygen atoms in total. The lowest BCUT2D eigenvalue weighted by molar-refractivity contribution is -0.122. The van der Waals surface area contributed by atoms with Gasteiger partial charge in [0.05, 0.1) is 13.2 Å². The number of halogens is 2. The summed E-state index contributed by atoms with van der Waals surface area (Å²) in [6, 6.07) is 4.72. The molecule has 1 amide bonds. The monoisotopic (exact) mass is 312 g/mol. The summed E-state index contributed by atoms with van der Waals surface area (Å²) < 4.78 is 19.1. The number of benzene rings is 1. The fourth-order valence-corrected chi connectivity index (χ4v) is 3.08. The van der Waals surface area contributed by atoms with Gasteiger partial charge in [-0.3, -0.25) is 4.79 Å². The summed E-state index contributed by atoms with van der Waals surface area (Å²) in [5, 5.41) is 6.61. The molecule has 1 aliphatic heterocycles. The zero-order valence-electron chi connectivity index (χ0n) is 11.6. The number of carbonyl (C=O) groups is 1. The van der Waals surface area contributed by atoms with Crippen LogP contribution in [0.2, 0.25) is 5.02 Å². The van der Waals surface area contributed by atoms with E-state index in [1.54, 1.807) is 12.1 Å². The van der Waals surface area contributed by atoms with E-state index < -0.39 is 0 Å². The summed E-state index contributed by atoms with van der Waals surface area (Å²) in [5.74, 6) is -0.345. The van der Waals surface area contributed by atoms with E-state index in [9.17, 15) is 9.18 Å². The van der Waals surface area contributed by atoms with Crippen LogP contribution in [0, 0.1) is 5.82 Å². The second-order valence-corrected chi connectivity index (χ2v) is 5.99. The van der Waals surface area contributed by atoms with Gasteiger partial charge in [0.1, 0.15) is 5.82 Å². The van der Waals surface area contributed by atoms with Gasteiger partial charge in [0.2, 0.25) is 5.91 Å². The number of ether oxygens (including phenoxy) is 1. The van der Waals surface area contributed by atoms with Gasteiger partial charge in [-0.2, -0.15) is 0 Å². The summed E-state index contributed by atoms with van der Waals surface area (Å²) in [6.07, 6.45) is 1.12. The molecule has 6 heteroatoms. The molecule has 1 aromatic carbocycles. The van der Waals surface area contributed by atoms with Crippen LogP contribution in [-0.4, -0.2) is 37.7 Å². The molecular weight excluding hydrogens is 295 g/mol. The van der Waals surface area contributed by atoms with Gasteiger partial charge in [-0.05, 0) is 18.6 Å². The van der Waals surface area contributed by atoms with Crippen LogP contribution in [0.5, 0.6) is 0 Å². The van der Waals surface area contributed by atoms with Gasteiger partial charge in [0.15, 0.2) is 0 Å². The Balaban J connectivity index is 1.52. The van der Waals surface area contributed by atoms with E-state index in [0.29, 0.717) is 30.2 Å². The van der Waals surface area contributed by atoms with Crippen LogP contribution in [0.25, 0.3) is 0 Å². The zero-order chi connectivity index (χ0) is 14.8. The molecule has 1 aliphatic carbocycles. The number of rotatable bonds is 4. The molecule has 0 aromatic heterocycles. The summed E-state index contributed by atoms with van der Waals surface area (Å²) in [4.78, 5) is 12.0. The smallest absolute Gasteiger partial charge is 0.221 e. The highest BCUT2D eigenvalue weighted by Crippen LogP contribution is 2.44. The minimum absolute atomic E-state index is 0.0155. The molecule has 0 radical (unpaired) electrons. The van der Waals surface area contributed by atoms with E-state index in [1.165, 1.54) is 6.07 Å². The van der Waals surface area contributed by atoms with Crippen molar-refractivity contribution in [3.05, 3.63) is 34.6 Å². The second-order valence-electron chi connectivity index (χ2n) is 5.58. The minimum Gasteiger partial charge on any atom is -0.378 e. The summed E-state index contributed by atoms with van der Waals surface area (Å²) in [5.41, 5.74) is 0.517. The molecule has 3 rings (SSSR count). The first-order valence-electron chi connectivity index (χ1n) is 7.19. The molecule has 3 unspecified atom stereocenters. The number of hydrogen-bond donors (Lipinski definition) is 2.